The van der Waals surface area contributed by atoms with E-state index in [0.29, 0.717) is 0 Å². The van der Waals surface area contributed by atoms with Crippen LogP contribution in [0.3, 0.4) is 0 Å². The molecule has 2 heterocycles. The zero-order valence-corrected chi connectivity index (χ0v) is 12.7. The van der Waals surface area contributed by atoms with Gasteiger partial charge in [-0.25, -0.2) is 0 Å². The van der Waals surface area contributed by atoms with Crippen molar-refractivity contribution in [3.8, 4) is 0 Å². The van der Waals surface area contributed by atoms with Crippen molar-refractivity contribution in [2.45, 2.75) is 25.4 Å². The summed E-state index contributed by atoms with van der Waals surface area (Å²) in [6, 6.07) is 8.44. The number of rotatable bonds is 3. The van der Waals surface area contributed by atoms with Crippen LogP contribution in [0.1, 0.15) is 23.3 Å². The van der Waals surface area contributed by atoms with Crippen LogP contribution in [0, 0.1) is 6.92 Å². The van der Waals surface area contributed by atoms with Gasteiger partial charge in [-0.1, -0.05) is 24.3 Å². The summed E-state index contributed by atoms with van der Waals surface area (Å²) in [6.07, 6.45) is 3.57. The number of aliphatic hydroxyl groups is 1. The molecule has 106 valence electrons. The van der Waals surface area contributed by atoms with Crippen molar-refractivity contribution in [1.82, 2.24) is 4.90 Å². The summed E-state index contributed by atoms with van der Waals surface area (Å²) in [5.74, 6) is 0. The van der Waals surface area contributed by atoms with Crippen LogP contribution in [-0.4, -0.2) is 29.6 Å². The Balaban J connectivity index is 1.91. The maximum Gasteiger partial charge on any atom is 0.101 e. The van der Waals surface area contributed by atoms with Crippen molar-refractivity contribution in [2.24, 2.45) is 0 Å². The third-order valence-corrected chi connectivity index (χ3v) is 5.80. The third kappa shape index (κ3) is 2.30. The minimum atomic E-state index is -0.647. The van der Waals surface area contributed by atoms with Crippen molar-refractivity contribution in [3.05, 3.63) is 47.4 Å². The lowest BCUT2D eigenvalue weighted by atomic mass is 9.87. The Labute approximate surface area is 124 Å². The SMILES string of the molecule is C=CCN1CCC(O)(c2sc3ccccc3c2C)CC1. The fourth-order valence-electron chi connectivity index (χ4n) is 3.13. The summed E-state index contributed by atoms with van der Waals surface area (Å²) in [5, 5.41) is 12.4. The number of aryl methyl sites for hydroxylation is 1. The van der Waals surface area contributed by atoms with E-state index in [9.17, 15) is 5.11 Å². The predicted octanol–water partition coefficient (Wildman–Crippen LogP) is 3.68. The van der Waals surface area contributed by atoms with Crippen molar-refractivity contribution >= 4 is 21.4 Å². The number of piperidine rings is 1. The molecule has 0 saturated carbocycles. The standard InChI is InChI=1S/C17H21NOS/c1-3-10-18-11-8-17(19,9-12-18)16-13(2)14-6-4-5-7-15(14)20-16/h3-7,19H,1,8-12H2,2H3. The van der Waals surface area contributed by atoms with Gasteiger partial charge < -0.3 is 5.11 Å². The smallest absolute Gasteiger partial charge is 0.101 e. The normalized spacial score (nSPS) is 19.3. The van der Waals surface area contributed by atoms with Crippen molar-refractivity contribution in [2.75, 3.05) is 19.6 Å². The maximum absolute atomic E-state index is 11.1. The van der Waals surface area contributed by atoms with Gasteiger partial charge in [-0.05, 0) is 36.8 Å². The Morgan fingerprint density at radius 1 is 1.35 bits per heavy atom. The molecule has 0 unspecified atom stereocenters. The lowest BCUT2D eigenvalue weighted by Crippen LogP contribution is -2.42. The second-order valence-corrected chi connectivity index (χ2v) is 6.73. The highest BCUT2D eigenvalue weighted by atomic mass is 32.1. The zero-order valence-electron chi connectivity index (χ0n) is 11.9. The van der Waals surface area contributed by atoms with Gasteiger partial charge in [0.25, 0.3) is 0 Å². The van der Waals surface area contributed by atoms with Gasteiger partial charge >= 0.3 is 0 Å². The van der Waals surface area contributed by atoms with Gasteiger partial charge in [-0.3, -0.25) is 4.90 Å². The Morgan fingerprint density at radius 3 is 2.70 bits per heavy atom. The number of thiophene rings is 1. The van der Waals surface area contributed by atoms with E-state index in [0.717, 1.165) is 37.4 Å². The van der Waals surface area contributed by atoms with Crippen molar-refractivity contribution in [1.29, 1.82) is 0 Å². The first-order valence-electron chi connectivity index (χ1n) is 7.18. The minimum absolute atomic E-state index is 0.647. The molecule has 3 heteroatoms. The van der Waals surface area contributed by atoms with E-state index < -0.39 is 5.60 Å². The maximum atomic E-state index is 11.1. The summed E-state index contributed by atoms with van der Waals surface area (Å²) >= 11 is 1.76. The van der Waals surface area contributed by atoms with Crippen molar-refractivity contribution in [3.63, 3.8) is 0 Å². The number of likely N-dealkylation sites (tertiary alicyclic amines) is 1. The van der Waals surface area contributed by atoms with Gasteiger partial charge in [0.15, 0.2) is 0 Å². The van der Waals surface area contributed by atoms with Gasteiger partial charge in [-0.15, -0.1) is 17.9 Å². The molecule has 2 nitrogen and oxygen atoms in total. The third-order valence-electron chi connectivity index (χ3n) is 4.34. The molecule has 1 fully saturated rings. The van der Waals surface area contributed by atoms with Crippen LogP contribution in [0.15, 0.2) is 36.9 Å². The monoisotopic (exact) mass is 287 g/mol. The average molecular weight is 287 g/mol. The Hall–Kier alpha value is -1.16. The van der Waals surface area contributed by atoms with E-state index in [2.05, 4.69) is 42.7 Å². The molecule has 1 aromatic carbocycles. The van der Waals surface area contributed by atoms with E-state index in [1.54, 1.807) is 11.3 Å². The number of hydrogen-bond acceptors (Lipinski definition) is 3. The van der Waals surface area contributed by atoms with Gasteiger partial charge in [-0.2, -0.15) is 0 Å². The fraction of sp³-hybridized carbons (Fsp3) is 0.412. The summed E-state index contributed by atoms with van der Waals surface area (Å²) in [5.41, 5.74) is 0.607. The largest absolute Gasteiger partial charge is 0.384 e. The van der Waals surface area contributed by atoms with Crippen LogP contribution in [0.4, 0.5) is 0 Å². The highest BCUT2D eigenvalue weighted by molar-refractivity contribution is 7.19. The molecule has 0 aliphatic carbocycles. The van der Waals surface area contributed by atoms with Gasteiger partial charge in [0.05, 0.1) is 0 Å². The molecule has 3 rings (SSSR count). The first-order chi connectivity index (χ1) is 9.64. The van der Waals surface area contributed by atoms with Crippen molar-refractivity contribution < 1.29 is 5.11 Å². The van der Waals surface area contributed by atoms with E-state index in [-0.39, 0.29) is 0 Å². The first-order valence-corrected chi connectivity index (χ1v) is 8.00. The second-order valence-electron chi connectivity index (χ2n) is 5.67. The zero-order chi connectivity index (χ0) is 14.2. The predicted molar refractivity (Wildman–Crippen MR) is 86.3 cm³/mol. The number of fused-ring (bicyclic) bond motifs is 1. The summed E-state index contributed by atoms with van der Waals surface area (Å²) < 4.78 is 1.28. The number of nitrogens with zero attached hydrogens (tertiary/aromatic N) is 1. The summed E-state index contributed by atoms with van der Waals surface area (Å²) in [6.45, 7) is 8.73. The summed E-state index contributed by atoms with van der Waals surface area (Å²) in [7, 11) is 0. The van der Waals surface area contributed by atoms with Crippen LogP contribution in [-0.2, 0) is 5.60 Å². The molecule has 2 aromatic rings. The van der Waals surface area contributed by atoms with E-state index in [1.807, 2.05) is 6.08 Å². The molecular weight excluding hydrogens is 266 g/mol. The molecule has 1 aliphatic rings. The quantitative estimate of drug-likeness (QED) is 0.871. The minimum Gasteiger partial charge on any atom is -0.384 e. The molecule has 0 atom stereocenters. The molecule has 0 bridgehead atoms. The fourth-order valence-corrected chi connectivity index (χ4v) is 4.49. The molecule has 1 N–H and O–H groups in total. The van der Waals surface area contributed by atoms with Crippen LogP contribution in [0.5, 0.6) is 0 Å². The lowest BCUT2D eigenvalue weighted by Gasteiger charge is -2.37. The molecule has 1 aromatic heterocycles. The molecule has 1 aliphatic heterocycles. The molecule has 1 saturated heterocycles. The van der Waals surface area contributed by atoms with Gasteiger partial charge in [0.2, 0.25) is 0 Å². The molecule has 0 spiro atoms. The highest BCUT2D eigenvalue weighted by Crippen LogP contribution is 2.42. The van der Waals surface area contributed by atoms with Gasteiger partial charge in [0, 0.05) is 29.2 Å². The Bertz CT molecular complexity index is 623. The van der Waals surface area contributed by atoms with Crippen LogP contribution >= 0.6 is 11.3 Å². The Morgan fingerprint density at radius 2 is 2.05 bits per heavy atom. The molecule has 0 radical (unpaired) electrons. The Kier molecular flexibility index (Phi) is 3.67. The molecule has 0 amide bonds. The second kappa shape index (κ2) is 5.32. The van der Waals surface area contributed by atoms with Crippen LogP contribution < -0.4 is 0 Å². The van der Waals surface area contributed by atoms with E-state index >= 15 is 0 Å². The lowest BCUT2D eigenvalue weighted by molar-refractivity contribution is -0.0207. The van der Waals surface area contributed by atoms with E-state index in [1.165, 1.54) is 15.6 Å². The average Bonchev–Trinajstić information content (AvgIpc) is 2.81. The number of hydrogen-bond donors (Lipinski definition) is 1. The summed E-state index contributed by atoms with van der Waals surface area (Å²) in [4.78, 5) is 3.52. The number of benzene rings is 1. The topological polar surface area (TPSA) is 23.5 Å². The van der Waals surface area contributed by atoms with Crippen LogP contribution in [0.2, 0.25) is 0 Å². The van der Waals surface area contributed by atoms with Gasteiger partial charge in [0.1, 0.15) is 5.60 Å². The van der Waals surface area contributed by atoms with Crippen LogP contribution in [0.25, 0.3) is 10.1 Å². The molecule has 20 heavy (non-hydrogen) atoms. The highest BCUT2D eigenvalue weighted by Gasteiger charge is 2.36. The first kappa shape index (κ1) is 13.8. The van der Waals surface area contributed by atoms with E-state index in [4.69, 9.17) is 0 Å². The molecular formula is C17H21NOS.